The van der Waals surface area contributed by atoms with Crippen molar-refractivity contribution in [3.8, 4) is 0 Å². The van der Waals surface area contributed by atoms with Gasteiger partial charge in [0.2, 0.25) is 5.91 Å². The SMILES string of the molecule is C[C@H](C[C@]1(C(=O)N2CCc3ncc(C(F)(F)F)cc3C2)CCO[C@@H]1C)N1CCC(=O)CC1. The highest BCUT2D eigenvalue weighted by Gasteiger charge is 2.51. The van der Waals surface area contributed by atoms with E-state index in [4.69, 9.17) is 4.74 Å². The first-order valence-electron chi connectivity index (χ1n) is 11.3. The van der Waals surface area contributed by atoms with Gasteiger partial charge in [-0.15, -0.1) is 0 Å². The third kappa shape index (κ3) is 4.41. The fraction of sp³-hybridized carbons (Fsp3) is 0.696. The molecule has 2 saturated heterocycles. The van der Waals surface area contributed by atoms with Crippen molar-refractivity contribution >= 4 is 11.7 Å². The number of nitrogens with zero attached hydrogens (tertiary/aromatic N) is 3. The van der Waals surface area contributed by atoms with Gasteiger partial charge >= 0.3 is 6.18 Å². The van der Waals surface area contributed by atoms with Crippen molar-refractivity contribution in [3.63, 3.8) is 0 Å². The van der Waals surface area contributed by atoms with Crippen molar-refractivity contribution in [1.82, 2.24) is 14.8 Å². The molecular weight excluding hydrogens is 423 g/mol. The Hall–Kier alpha value is -2.00. The van der Waals surface area contributed by atoms with E-state index < -0.39 is 17.2 Å². The van der Waals surface area contributed by atoms with Crippen LogP contribution in [0.4, 0.5) is 13.2 Å². The monoisotopic (exact) mass is 453 g/mol. The van der Waals surface area contributed by atoms with Gasteiger partial charge in [0.05, 0.1) is 17.1 Å². The van der Waals surface area contributed by atoms with Crippen molar-refractivity contribution in [2.24, 2.45) is 5.41 Å². The normalized spacial score (nSPS) is 28.0. The van der Waals surface area contributed by atoms with Crippen LogP contribution in [0.3, 0.4) is 0 Å². The smallest absolute Gasteiger partial charge is 0.377 e. The molecule has 2 fully saturated rings. The number of amides is 1. The van der Waals surface area contributed by atoms with E-state index in [1.165, 1.54) is 0 Å². The van der Waals surface area contributed by atoms with Gasteiger partial charge in [-0.3, -0.25) is 19.5 Å². The number of hydrogen-bond acceptors (Lipinski definition) is 5. The minimum Gasteiger partial charge on any atom is -0.377 e. The van der Waals surface area contributed by atoms with E-state index >= 15 is 0 Å². The number of ketones is 1. The molecule has 0 unspecified atom stereocenters. The van der Waals surface area contributed by atoms with Crippen LogP contribution in [0.1, 0.15) is 56.4 Å². The molecule has 4 rings (SSSR count). The molecule has 3 atom stereocenters. The fourth-order valence-corrected chi connectivity index (χ4v) is 5.36. The van der Waals surface area contributed by atoms with E-state index in [-0.39, 0.29) is 30.4 Å². The Labute approximate surface area is 186 Å². The molecule has 3 aliphatic heterocycles. The Morgan fingerprint density at radius 2 is 2.00 bits per heavy atom. The fourth-order valence-electron chi connectivity index (χ4n) is 5.36. The third-order valence-corrected chi connectivity index (χ3v) is 7.41. The third-order valence-electron chi connectivity index (χ3n) is 7.41. The number of fused-ring (bicyclic) bond motifs is 1. The van der Waals surface area contributed by atoms with Gasteiger partial charge in [-0.1, -0.05) is 0 Å². The van der Waals surface area contributed by atoms with E-state index in [1.807, 2.05) is 6.92 Å². The van der Waals surface area contributed by atoms with Crippen LogP contribution in [0.25, 0.3) is 0 Å². The summed E-state index contributed by atoms with van der Waals surface area (Å²) in [6, 6.07) is 1.22. The molecular formula is C23H30F3N3O3. The van der Waals surface area contributed by atoms with E-state index in [0.29, 0.717) is 69.6 Å². The van der Waals surface area contributed by atoms with Crippen molar-refractivity contribution < 1.29 is 27.5 Å². The van der Waals surface area contributed by atoms with Crippen LogP contribution >= 0.6 is 0 Å². The van der Waals surface area contributed by atoms with Gasteiger partial charge in [0.15, 0.2) is 0 Å². The highest BCUT2D eigenvalue weighted by atomic mass is 19.4. The first-order chi connectivity index (χ1) is 15.1. The van der Waals surface area contributed by atoms with Crippen LogP contribution in [0.5, 0.6) is 0 Å². The first-order valence-corrected chi connectivity index (χ1v) is 11.3. The summed E-state index contributed by atoms with van der Waals surface area (Å²) >= 11 is 0. The number of ether oxygens (including phenoxy) is 1. The van der Waals surface area contributed by atoms with Gasteiger partial charge < -0.3 is 9.64 Å². The number of alkyl halides is 3. The zero-order valence-corrected chi connectivity index (χ0v) is 18.6. The lowest BCUT2D eigenvalue weighted by Crippen LogP contribution is -2.52. The maximum atomic E-state index is 13.8. The van der Waals surface area contributed by atoms with E-state index in [9.17, 15) is 22.8 Å². The molecule has 32 heavy (non-hydrogen) atoms. The van der Waals surface area contributed by atoms with Crippen LogP contribution in [0, 0.1) is 5.41 Å². The number of Topliss-reactive ketones (excluding diaryl/α,β-unsaturated/α-hetero) is 1. The van der Waals surface area contributed by atoms with Gasteiger partial charge in [-0.2, -0.15) is 13.2 Å². The van der Waals surface area contributed by atoms with Crippen LogP contribution in [0.15, 0.2) is 12.3 Å². The second-order valence-electron chi connectivity index (χ2n) is 9.35. The Balaban J connectivity index is 1.53. The van der Waals surface area contributed by atoms with Gasteiger partial charge in [-0.25, -0.2) is 0 Å². The van der Waals surface area contributed by atoms with Gasteiger partial charge in [0.25, 0.3) is 0 Å². The molecule has 0 aromatic carbocycles. The zero-order chi connectivity index (χ0) is 23.1. The lowest BCUT2D eigenvalue weighted by Gasteiger charge is -2.42. The standard InChI is InChI=1S/C23H30F3N3O3/c1-15(28-7-3-19(30)4-8-28)12-22(6-10-32-16(22)2)21(31)29-9-5-20-17(14-29)11-18(13-27-20)23(24,25)26/h11,13,15-16H,3-10,12,14H2,1-2H3/t15-,16-,22-/m1/s1. The molecule has 6 nitrogen and oxygen atoms in total. The van der Waals surface area contributed by atoms with E-state index in [0.717, 1.165) is 12.3 Å². The van der Waals surface area contributed by atoms with Crippen molar-refractivity contribution in [2.75, 3.05) is 26.2 Å². The second kappa shape index (κ2) is 8.74. The summed E-state index contributed by atoms with van der Waals surface area (Å²) in [5, 5.41) is 0. The number of piperidine rings is 1. The maximum absolute atomic E-state index is 13.8. The number of carbonyl (C=O) groups excluding carboxylic acids is 2. The van der Waals surface area contributed by atoms with E-state index in [1.54, 1.807) is 4.90 Å². The molecule has 176 valence electrons. The topological polar surface area (TPSA) is 62.7 Å². The summed E-state index contributed by atoms with van der Waals surface area (Å²) in [6.45, 7) is 6.45. The van der Waals surface area contributed by atoms with Crippen LogP contribution in [0.2, 0.25) is 0 Å². The lowest BCUT2D eigenvalue weighted by atomic mass is 9.74. The number of likely N-dealkylation sites (tertiary alicyclic amines) is 1. The molecule has 1 aromatic rings. The molecule has 0 bridgehead atoms. The predicted molar refractivity (Wildman–Crippen MR) is 111 cm³/mol. The van der Waals surface area contributed by atoms with Crippen LogP contribution < -0.4 is 0 Å². The molecule has 0 radical (unpaired) electrons. The number of hydrogen-bond donors (Lipinski definition) is 0. The quantitative estimate of drug-likeness (QED) is 0.701. The second-order valence-corrected chi connectivity index (χ2v) is 9.35. The minimum atomic E-state index is -4.46. The van der Waals surface area contributed by atoms with Crippen LogP contribution in [-0.4, -0.2) is 64.9 Å². The van der Waals surface area contributed by atoms with Crippen molar-refractivity contribution in [1.29, 1.82) is 0 Å². The average molecular weight is 454 g/mol. The maximum Gasteiger partial charge on any atom is 0.417 e. The molecule has 1 amide bonds. The molecule has 0 saturated carbocycles. The summed E-state index contributed by atoms with van der Waals surface area (Å²) < 4.78 is 45.3. The largest absolute Gasteiger partial charge is 0.417 e. The molecule has 0 N–H and O–H groups in total. The Kier molecular flexibility index (Phi) is 6.33. The van der Waals surface area contributed by atoms with Gasteiger partial charge in [0.1, 0.15) is 5.78 Å². The van der Waals surface area contributed by atoms with E-state index in [2.05, 4.69) is 16.8 Å². The zero-order valence-electron chi connectivity index (χ0n) is 18.6. The summed E-state index contributed by atoms with van der Waals surface area (Å²) in [4.78, 5) is 33.4. The Morgan fingerprint density at radius 1 is 1.28 bits per heavy atom. The number of halogens is 3. The molecule has 3 aliphatic rings. The lowest BCUT2D eigenvalue weighted by molar-refractivity contribution is -0.148. The summed E-state index contributed by atoms with van der Waals surface area (Å²) in [5.41, 5.74) is -0.416. The first kappa shape index (κ1) is 23.2. The summed E-state index contributed by atoms with van der Waals surface area (Å²) in [7, 11) is 0. The predicted octanol–water partition coefficient (Wildman–Crippen LogP) is 3.22. The van der Waals surface area contributed by atoms with Gasteiger partial charge in [-0.05, 0) is 38.3 Å². The molecule has 4 heterocycles. The summed E-state index contributed by atoms with van der Waals surface area (Å²) in [5.74, 6) is 0.223. The van der Waals surface area contributed by atoms with Gasteiger partial charge in [0, 0.05) is 70.0 Å². The molecule has 1 aromatic heterocycles. The highest BCUT2D eigenvalue weighted by molar-refractivity contribution is 5.84. The van der Waals surface area contributed by atoms with Crippen molar-refractivity contribution in [3.05, 3.63) is 29.1 Å². The Bertz CT molecular complexity index is 881. The highest BCUT2D eigenvalue weighted by Crippen LogP contribution is 2.43. The number of aromatic nitrogens is 1. The molecule has 0 aliphatic carbocycles. The molecule has 9 heteroatoms. The van der Waals surface area contributed by atoms with Crippen molar-refractivity contribution in [2.45, 2.75) is 70.8 Å². The average Bonchev–Trinajstić information content (AvgIpc) is 3.13. The molecule has 0 spiro atoms. The number of rotatable bonds is 4. The summed E-state index contributed by atoms with van der Waals surface area (Å²) in [6.07, 6.45) is -1.16. The van der Waals surface area contributed by atoms with Crippen LogP contribution in [-0.2, 0) is 33.5 Å². The number of carbonyl (C=O) groups is 2. The minimum absolute atomic E-state index is 0.0505. The number of pyridine rings is 1. The Morgan fingerprint density at radius 3 is 2.62 bits per heavy atom.